The van der Waals surface area contributed by atoms with Crippen molar-refractivity contribution in [1.82, 2.24) is 0 Å². The average Bonchev–Trinajstić information content (AvgIpc) is 2.57. The third-order valence-corrected chi connectivity index (χ3v) is 6.80. The molecule has 1 radical (unpaired) electrons. The molecule has 0 rings (SSSR count). The fourth-order valence-electron chi connectivity index (χ4n) is 3.33. The van der Waals surface area contributed by atoms with Gasteiger partial charge in [0.05, 0.1) is 0 Å². The quantitative estimate of drug-likeness (QED) is 0.227. The third-order valence-electron chi connectivity index (χ3n) is 5.09. The molecule has 2 heteroatoms. The lowest BCUT2D eigenvalue weighted by Gasteiger charge is -2.22. The van der Waals surface area contributed by atoms with Crippen molar-refractivity contribution in [2.24, 2.45) is 5.92 Å². The van der Waals surface area contributed by atoms with Crippen LogP contribution in [0, 0.1) is 5.92 Å². The van der Waals surface area contributed by atoms with E-state index in [-0.39, 0.29) is 0 Å². The van der Waals surface area contributed by atoms with Crippen LogP contribution >= 0.6 is 11.8 Å². The number of thioether (sulfide) groups is 1. The molecule has 0 spiro atoms. The highest BCUT2D eigenvalue weighted by Gasteiger charge is 2.19. The van der Waals surface area contributed by atoms with E-state index in [0.29, 0.717) is 5.25 Å². The fraction of sp³-hybridized carbons (Fsp3) is 1.00. The van der Waals surface area contributed by atoms with E-state index in [4.69, 9.17) is 0 Å². The maximum Gasteiger partial charge on any atom is 0.102 e. The molecule has 145 valence electrons. The summed E-state index contributed by atoms with van der Waals surface area (Å²) in [6.45, 7) is 8.71. The maximum absolute atomic E-state index is 12.1. The van der Waals surface area contributed by atoms with Crippen LogP contribution in [0.3, 0.4) is 0 Å². The predicted molar refractivity (Wildman–Crippen MR) is 112 cm³/mol. The van der Waals surface area contributed by atoms with Gasteiger partial charge in [-0.25, -0.2) is 5.11 Å². The van der Waals surface area contributed by atoms with Crippen LogP contribution in [0.2, 0.25) is 0 Å². The van der Waals surface area contributed by atoms with Crippen molar-refractivity contribution in [1.29, 1.82) is 0 Å². The molecule has 0 N–H and O–H groups in total. The molecular formula is C22H45OS. The van der Waals surface area contributed by atoms with Crippen LogP contribution in [0.5, 0.6) is 0 Å². The monoisotopic (exact) mass is 357 g/mol. The summed E-state index contributed by atoms with van der Waals surface area (Å²) in [6.07, 6.45) is 18.2. The molecule has 0 aliphatic carbocycles. The predicted octanol–water partition coefficient (Wildman–Crippen LogP) is 8.04. The molecule has 1 nitrogen and oxygen atoms in total. The second-order valence-corrected chi connectivity index (χ2v) is 8.91. The molecule has 0 heterocycles. The molecule has 0 aromatic rings. The van der Waals surface area contributed by atoms with Gasteiger partial charge in [0, 0.05) is 5.25 Å². The van der Waals surface area contributed by atoms with E-state index < -0.39 is 6.10 Å². The molecule has 0 aliphatic rings. The molecule has 0 aliphatic heterocycles. The van der Waals surface area contributed by atoms with Crippen molar-refractivity contribution in [3.63, 3.8) is 0 Å². The van der Waals surface area contributed by atoms with Crippen molar-refractivity contribution in [2.45, 2.75) is 129 Å². The molecule has 0 amide bonds. The zero-order valence-corrected chi connectivity index (χ0v) is 18.0. The minimum absolute atomic E-state index is 0.339. The highest BCUT2D eigenvalue weighted by Crippen LogP contribution is 2.28. The van der Waals surface area contributed by atoms with Crippen LogP contribution in [0.4, 0.5) is 0 Å². The summed E-state index contributed by atoms with van der Waals surface area (Å²) in [5.74, 6) is 2.06. The van der Waals surface area contributed by atoms with E-state index in [1.54, 1.807) is 0 Å². The second kappa shape index (κ2) is 18.1. The zero-order valence-electron chi connectivity index (χ0n) is 17.2. The van der Waals surface area contributed by atoms with Crippen LogP contribution in [0.1, 0.15) is 118 Å². The van der Waals surface area contributed by atoms with Crippen LogP contribution in [0.15, 0.2) is 0 Å². The SMILES string of the molecule is CCCCCCCC(SCC(CCCC)CCCCCC)C(C)[O]. The minimum Gasteiger partial charge on any atom is -0.232 e. The van der Waals surface area contributed by atoms with Crippen LogP contribution < -0.4 is 0 Å². The van der Waals surface area contributed by atoms with Crippen LogP contribution in [-0.4, -0.2) is 17.1 Å². The van der Waals surface area contributed by atoms with E-state index in [1.807, 2.05) is 18.7 Å². The molecule has 0 saturated carbocycles. The summed E-state index contributed by atoms with van der Waals surface area (Å²) in [7, 11) is 0. The highest BCUT2D eigenvalue weighted by atomic mass is 32.2. The summed E-state index contributed by atoms with van der Waals surface area (Å²) < 4.78 is 0. The van der Waals surface area contributed by atoms with Gasteiger partial charge in [-0.15, -0.1) is 0 Å². The Morgan fingerprint density at radius 3 is 1.75 bits per heavy atom. The smallest absolute Gasteiger partial charge is 0.102 e. The van der Waals surface area contributed by atoms with Gasteiger partial charge in [-0.1, -0.05) is 91.4 Å². The lowest BCUT2D eigenvalue weighted by atomic mass is 9.97. The van der Waals surface area contributed by atoms with Gasteiger partial charge in [0.15, 0.2) is 0 Å². The summed E-state index contributed by atoms with van der Waals surface area (Å²) in [5, 5.41) is 12.4. The van der Waals surface area contributed by atoms with E-state index >= 15 is 0 Å². The first kappa shape index (κ1) is 24.3. The Morgan fingerprint density at radius 1 is 0.667 bits per heavy atom. The van der Waals surface area contributed by atoms with Crippen molar-refractivity contribution < 1.29 is 5.11 Å². The highest BCUT2D eigenvalue weighted by molar-refractivity contribution is 7.99. The van der Waals surface area contributed by atoms with E-state index in [1.165, 1.54) is 89.2 Å². The summed E-state index contributed by atoms with van der Waals surface area (Å²) in [4.78, 5) is 0. The molecule has 0 saturated heterocycles. The Hall–Kier alpha value is 0.310. The van der Waals surface area contributed by atoms with Gasteiger partial charge in [0.25, 0.3) is 0 Å². The molecule has 0 aromatic carbocycles. The van der Waals surface area contributed by atoms with Gasteiger partial charge in [0.2, 0.25) is 0 Å². The largest absolute Gasteiger partial charge is 0.232 e. The Bertz CT molecular complexity index is 242. The first-order valence-corrected chi connectivity index (χ1v) is 12.0. The third kappa shape index (κ3) is 14.6. The van der Waals surface area contributed by atoms with Crippen LogP contribution in [0.25, 0.3) is 0 Å². The Morgan fingerprint density at radius 2 is 1.17 bits per heavy atom. The molecule has 0 bridgehead atoms. The maximum atomic E-state index is 12.1. The van der Waals surface area contributed by atoms with E-state index in [0.717, 1.165) is 12.3 Å². The molecule has 3 atom stereocenters. The molecule has 24 heavy (non-hydrogen) atoms. The molecule has 0 aromatic heterocycles. The van der Waals surface area contributed by atoms with Gasteiger partial charge < -0.3 is 0 Å². The topological polar surface area (TPSA) is 19.9 Å². The second-order valence-electron chi connectivity index (χ2n) is 7.64. The number of rotatable bonds is 18. The van der Waals surface area contributed by atoms with Crippen molar-refractivity contribution in [3.8, 4) is 0 Å². The van der Waals surface area contributed by atoms with Gasteiger partial charge in [-0.2, -0.15) is 11.8 Å². The first-order valence-electron chi connectivity index (χ1n) is 10.9. The minimum atomic E-state index is -0.409. The Kier molecular flexibility index (Phi) is 18.3. The number of hydrogen-bond acceptors (Lipinski definition) is 1. The lowest BCUT2D eigenvalue weighted by molar-refractivity contribution is 0.100. The van der Waals surface area contributed by atoms with Crippen molar-refractivity contribution in [2.75, 3.05) is 5.75 Å². The molecule has 0 fully saturated rings. The van der Waals surface area contributed by atoms with Crippen LogP contribution in [-0.2, 0) is 5.11 Å². The normalized spacial score (nSPS) is 15.4. The Balaban J connectivity index is 4.10. The van der Waals surface area contributed by atoms with Crippen molar-refractivity contribution >= 4 is 11.8 Å². The summed E-state index contributed by atoms with van der Waals surface area (Å²) in [6, 6.07) is 0. The van der Waals surface area contributed by atoms with Gasteiger partial charge in [-0.05, 0) is 37.9 Å². The Labute approximate surface area is 157 Å². The fourth-order valence-corrected chi connectivity index (χ4v) is 4.78. The molecule has 3 unspecified atom stereocenters. The average molecular weight is 358 g/mol. The van der Waals surface area contributed by atoms with E-state index in [9.17, 15) is 5.11 Å². The van der Waals surface area contributed by atoms with Gasteiger partial charge in [0.1, 0.15) is 6.10 Å². The summed E-state index contributed by atoms with van der Waals surface area (Å²) >= 11 is 2.00. The zero-order chi connectivity index (χ0) is 18.0. The number of unbranched alkanes of at least 4 members (excludes halogenated alkanes) is 8. The van der Waals surface area contributed by atoms with E-state index in [2.05, 4.69) is 20.8 Å². The standard InChI is InChI=1S/C22H45OS/c1-5-8-11-13-15-18-22(20(4)23)24-19-21(16-10-7-3)17-14-12-9-6-2/h20-22H,5-19H2,1-4H3. The molecular weight excluding hydrogens is 312 g/mol. The first-order chi connectivity index (χ1) is 11.7. The lowest BCUT2D eigenvalue weighted by Crippen LogP contribution is -2.20. The van der Waals surface area contributed by atoms with Crippen molar-refractivity contribution in [3.05, 3.63) is 0 Å². The van der Waals surface area contributed by atoms with Gasteiger partial charge >= 0.3 is 0 Å². The summed E-state index contributed by atoms with van der Waals surface area (Å²) in [5.41, 5.74) is 0. The van der Waals surface area contributed by atoms with Gasteiger partial charge in [-0.3, -0.25) is 0 Å². The number of hydrogen-bond donors (Lipinski definition) is 0.